The van der Waals surface area contributed by atoms with E-state index in [2.05, 4.69) is 10.4 Å². The third kappa shape index (κ3) is 3.01. The minimum Gasteiger partial charge on any atom is -0.348 e. The Kier molecular flexibility index (Phi) is 4.67. The van der Waals surface area contributed by atoms with E-state index >= 15 is 0 Å². The minimum absolute atomic E-state index is 0.0137. The largest absolute Gasteiger partial charge is 0.348 e. The number of amides is 1. The molecule has 1 amide bonds. The summed E-state index contributed by atoms with van der Waals surface area (Å²) >= 11 is 3.13. The molecule has 2 fully saturated rings. The second-order valence-electron chi connectivity index (χ2n) is 6.12. The standard InChI is InChI=1S/C17H20N2O3S2/c1-11-14(24-15(18-11)12-5-9-23-10-12)16(20)19-6-3-2-4-13(19)17-21-7-8-22-17/h5,9-10,13,17H,2-4,6-8H2,1H3. The molecule has 0 spiro atoms. The van der Waals surface area contributed by atoms with E-state index in [1.165, 1.54) is 11.3 Å². The Morgan fingerprint density at radius 3 is 2.92 bits per heavy atom. The van der Waals surface area contributed by atoms with Gasteiger partial charge in [-0.2, -0.15) is 11.3 Å². The molecule has 2 aliphatic rings. The number of nitrogens with zero attached hydrogens (tertiary/aromatic N) is 2. The SMILES string of the molecule is Cc1nc(-c2ccsc2)sc1C(=O)N1CCCCC1C1OCCO1. The molecular formula is C17H20N2O3S2. The molecule has 0 aromatic carbocycles. The molecule has 4 heterocycles. The summed E-state index contributed by atoms with van der Waals surface area (Å²) < 4.78 is 11.4. The average molecular weight is 364 g/mol. The van der Waals surface area contributed by atoms with Crippen molar-refractivity contribution < 1.29 is 14.3 Å². The fraction of sp³-hybridized carbons (Fsp3) is 0.529. The lowest BCUT2D eigenvalue weighted by atomic mass is 10.0. The number of aryl methyl sites for hydroxylation is 1. The van der Waals surface area contributed by atoms with Crippen molar-refractivity contribution in [1.29, 1.82) is 0 Å². The van der Waals surface area contributed by atoms with Crippen LogP contribution in [0.15, 0.2) is 16.8 Å². The van der Waals surface area contributed by atoms with E-state index in [4.69, 9.17) is 9.47 Å². The molecule has 0 radical (unpaired) electrons. The van der Waals surface area contributed by atoms with Crippen molar-refractivity contribution in [3.63, 3.8) is 0 Å². The van der Waals surface area contributed by atoms with E-state index in [0.29, 0.717) is 13.2 Å². The molecule has 2 aromatic rings. The van der Waals surface area contributed by atoms with Crippen LogP contribution in [-0.4, -0.2) is 47.9 Å². The smallest absolute Gasteiger partial charge is 0.266 e. The molecule has 2 saturated heterocycles. The highest BCUT2D eigenvalue weighted by Gasteiger charge is 2.37. The Hall–Kier alpha value is -1.28. The topological polar surface area (TPSA) is 51.7 Å². The maximum absolute atomic E-state index is 13.2. The van der Waals surface area contributed by atoms with Crippen LogP contribution in [0.5, 0.6) is 0 Å². The monoisotopic (exact) mass is 364 g/mol. The minimum atomic E-state index is -0.279. The fourth-order valence-corrected chi connectivity index (χ4v) is 5.06. The number of aromatic nitrogens is 1. The molecule has 128 valence electrons. The van der Waals surface area contributed by atoms with Crippen molar-refractivity contribution in [2.75, 3.05) is 19.8 Å². The fourth-order valence-electron chi connectivity index (χ4n) is 3.33. The highest BCUT2D eigenvalue weighted by atomic mass is 32.1. The van der Waals surface area contributed by atoms with Gasteiger partial charge < -0.3 is 14.4 Å². The number of thiazole rings is 1. The van der Waals surface area contributed by atoms with Crippen LogP contribution in [0.3, 0.4) is 0 Å². The number of hydrogen-bond acceptors (Lipinski definition) is 6. The lowest BCUT2D eigenvalue weighted by Gasteiger charge is -2.37. The van der Waals surface area contributed by atoms with Gasteiger partial charge in [0.1, 0.15) is 9.88 Å². The molecule has 0 N–H and O–H groups in total. The van der Waals surface area contributed by atoms with Gasteiger partial charge in [-0.25, -0.2) is 4.98 Å². The summed E-state index contributed by atoms with van der Waals surface area (Å²) in [7, 11) is 0. The third-order valence-corrected chi connectivity index (χ3v) is 6.41. The van der Waals surface area contributed by atoms with Gasteiger partial charge in [-0.1, -0.05) is 0 Å². The van der Waals surface area contributed by atoms with Crippen molar-refractivity contribution in [2.45, 2.75) is 38.5 Å². The summed E-state index contributed by atoms with van der Waals surface area (Å²) in [4.78, 5) is 20.4. The third-order valence-electron chi connectivity index (χ3n) is 4.53. The quantitative estimate of drug-likeness (QED) is 0.836. The summed E-state index contributed by atoms with van der Waals surface area (Å²) in [6.45, 7) is 3.91. The van der Waals surface area contributed by atoms with E-state index in [1.807, 2.05) is 23.3 Å². The van der Waals surface area contributed by atoms with E-state index in [1.54, 1.807) is 11.3 Å². The Morgan fingerprint density at radius 2 is 2.17 bits per heavy atom. The zero-order chi connectivity index (χ0) is 16.5. The first kappa shape index (κ1) is 16.2. The molecule has 5 nitrogen and oxygen atoms in total. The second-order valence-corrected chi connectivity index (χ2v) is 7.90. The van der Waals surface area contributed by atoms with Crippen molar-refractivity contribution in [3.05, 3.63) is 27.4 Å². The Bertz CT molecular complexity index is 707. The Morgan fingerprint density at radius 1 is 1.33 bits per heavy atom. The van der Waals surface area contributed by atoms with Crippen LogP contribution in [0.2, 0.25) is 0 Å². The number of carbonyl (C=O) groups is 1. The second kappa shape index (κ2) is 6.92. The van der Waals surface area contributed by atoms with Gasteiger partial charge in [0, 0.05) is 17.5 Å². The van der Waals surface area contributed by atoms with Crippen LogP contribution in [0.1, 0.15) is 34.6 Å². The molecule has 1 unspecified atom stereocenters. The molecule has 4 rings (SSSR count). The summed E-state index contributed by atoms with van der Waals surface area (Å²) in [5.41, 5.74) is 1.90. The van der Waals surface area contributed by atoms with E-state index in [0.717, 1.165) is 46.9 Å². The first-order valence-corrected chi connectivity index (χ1v) is 10.0. The van der Waals surface area contributed by atoms with Crippen molar-refractivity contribution >= 4 is 28.6 Å². The maximum Gasteiger partial charge on any atom is 0.266 e. The van der Waals surface area contributed by atoms with Crippen LogP contribution in [0.4, 0.5) is 0 Å². The van der Waals surface area contributed by atoms with Gasteiger partial charge in [0.15, 0.2) is 6.29 Å². The normalized spacial score (nSPS) is 22.2. The number of ether oxygens (including phenoxy) is 2. The Labute approximate surface area is 149 Å². The predicted molar refractivity (Wildman–Crippen MR) is 94.5 cm³/mol. The molecule has 0 saturated carbocycles. The van der Waals surface area contributed by atoms with E-state index < -0.39 is 0 Å². The maximum atomic E-state index is 13.2. The molecule has 0 bridgehead atoms. The Balaban J connectivity index is 1.59. The summed E-state index contributed by atoms with van der Waals surface area (Å²) in [5, 5.41) is 5.01. The number of piperidine rings is 1. The number of carbonyl (C=O) groups excluding carboxylic acids is 1. The van der Waals surface area contributed by atoms with Crippen LogP contribution in [0, 0.1) is 6.92 Å². The van der Waals surface area contributed by atoms with Crippen LogP contribution in [0.25, 0.3) is 10.6 Å². The predicted octanol–water partition coefficient (Wildman–Crippen LogP) is 3.55. The zero-order valence-corrected chi connectivity index (χ0v) is 15.2. The number of rotatable bonds is 3. The van der Waals surface area contributed by atoms with Crippen LogP contribution < -0.4 is 0 Å². The van der Waals surface area contributed by atoms with Crippen LogP contribution >= 0.6 is 22.7 Å². The average Bonchev–Trinajstić information content (AvgIpc) is 3.35. The number of thiophene rings is 1. The lowest BCUT2D eigenvalue weighted by molar-refractivity contribution is -0.100. The summed E-state index contributed by atoms with van der Waals surface area (Å²) in [6, 6.07) is 2.06. The molecule has 2 aliphatic heterocycles. The van der Waals surface area contributed by atoms with Crippen molar-refractivity contribution in [1.82, 2.24) is 9.88 Å². The van der Waals surface area contributed by atoms with E-state index in [9.17, 15) is 4.79 Å². The lowest BCUT2D eigenvalue weighted by Crippen LogP contribution is -2.50. The number of hydrogen-bond donors (Lipinski definition) is 0. The van der Waals surface area contributed by atoms with Gasteiger partial charge >= 0.3 is 0 Å². The first-order chi connectivity index (χ1) is 11.7. The molecule has 2 aromatic heterocycles. The number of likely N-dealkylation sites (tertiary alicyclic amines) is 1. The molecule has 1 atom stereocenters. The van der Waals surface area contributed by atoms with Crippen LogP contribution in [-0.2, 0) is 9.47 Å². The van der Waals surface area contributed by atoms with Gasteiger partial charge in [0.25, 0.3) is 5.91 Å². The van der Waals surface area contributed by atoms with Gasteiger partial charge in [0.2, 0.25) is 0 Å². The molecule has 7 heteroatoms. The van der Waals surface area contributed by atoms with Crippen molar-refractivity contribution in [2.24, 2.45) is 0 Å². The van der Waals surface area contributed by atoms with E-state index in [-0.39, 0.29) is 18.2 Å². The molecule has 0 aliphatic carbocycles. The van der Waals surface area contributed by atoms with Gasteiger partial charge in [-0.05, 0) is 37.6 Å². The molecular weight excluding hydrogens is 344 g/mol. The van der Waals surface area contributed by atoms with Gasteiger partial charge in [0.05, 0.1) is 24.9 Å². The highest BCUT2D eigenvalue weighted by Crippen LogP contribution is 2.32. The van der Waals surface area contributed by atoms with Crippen molar-refractivity contribution in [3.8, 4) is 10.6 Å². The highest BCUT2D eigenvalue weighted by molar-refractivity contribution is 7.17. The molecule has 24 heavy (non-hydrogen) atoms. The first-order valence-electron chi connectivity index (χ1n) is 8.28. The van der Waals surface area contributed by atoms with Gasteiger partial charge in [-0.3, -0.25) is 4.79 Å². The van der Waals surface area contributed by atoms with Gasteiger partial charge in [-0.15, -0.1) is 11.3 Å². The summed E-state index contributed by atoms with van der Waals surface area (Å²) in [6.07, 6.45) is 2.80. The zero-order valence-electron chi connectivity index (χ0n) is 13.6. The summed E-state index contributed by atoms with van der Waals surface area (Å²) in [5.74, 6) is 0.0651.